The molecule has 1 aliphatic carbocycles. The molecule has 1 heterocycles. The van der Waals surface area contributed by atoms with Crippen molar-refractivity contribution in [1.29, 1.82) is 0 Å². The number of carbonyl (C=O) groups excluding carboxylic acids is 1. The molecular weight excluding hydrogens is 274 g/mol. The number of nitrogens with two attached hydrogens (primary N) is 1. The molecule has 120 valence electrons. The smallest absolute Gasteiger partial charge is 0.244 e. The molecule has 0 bridgehead atoms. The van der Waals surface area contributed by atoms with Crippen LogP contribution in [0.5, 0.6) is 0 Å². The summed E-state index contributed by atoms with van der Waals surface area (Å²) < 4.78 is 0. The molecule has 3 N–H and O–H groups in total. The number of nitrogens with zero attached hydrogens (tertiary/aromatic N) is 1. The van der Waals surface area contributed by atoms with E-state index >= 15 is 0 Å². The van der Waals surface area contributed by atoms with Crippen molar-refractivity contribution in [3.63, 3.8) is 0 Å². The van der Waals surface area contributed by atoms with Crippen molar-refractivity contribution in [3.8, 4) is 0 Å². The minimum atomic E-state index is -0.670. The molecule has 0 unspecified atom stereocenters. The van der Waals surface area contributed by atoms with Crippen molar-refractivity contribution < 1.29 is 4.79 Å². The molecule has 0 aromatic heterocycles. The normalized spacial score (nSPS) is 21.8. The van der Waals surface area contributed by atoms with Crippen molar-refractivity contribution in [3.05, 3.63) is 24.3 Å². The topological polar surface area (TPSA) is 58.4 Å². The van der Waals surface area contributed by atoms with Gasteiger partial charge in [-0.3, -0.25) is 4.79 Å². The summed E-state index contributed by atoms with van der Waals surface area (Å²) in [6.07, 6.45) is 6.17. The molecule has 1 aromatic carbocycles. The van der Waals surface area contributed by atoms with Gasteiger partial charge in [0.2, 0.25) is 5.91 Å². The van der Waals surface area contributed by atoms with E-state index in [1.807, 2.05) is 12.1 Å². The third kappa shape index (κ3) is 3.27. The zero-order valence-electron chi connectivity index (χ0n) is 13.5. The first-order valence-corrected chi connectivity index (χ1v) is 8.52. The number of anilines is 2. The number of nitrogens with one attached hydrogen (secondary N) is 1. The van der Waals surface area contributed by atoms with E-state index in [0.29, 0.717) is 0 Å². The summed E-state index contributed by atoms with van der Waals surface area (Å²) in [4.78, 5) is 14.8. The lowest BCUT2D eigenvalue weighted by atomic mass is 9.97. The molecule has 3 rings (SSSR count). The van der Waals surface area contributed by atoms with Crippen LogP contribution in [0.1, 0.15) is 45.4 Å². The third-order valence-corrected chi connectivity index (χ3v) is 5.20. The fraction of sp³-hybridized carbons (Fsp3) is 0.611. The minimum Gasteiger partial charge on any atom is -0.371 e. The lowest BCUT2D eigenvalue weighted by molar-refractivity contribution is -0.121. The van der Waals surface area contributed by atoms with Crippen LogP contribution in [0.15, 0.2) is 24.3 Å². The van der Waals surface area contributed by atoms with Crippen molar-refractivity contribution in [1.82, 2.24) is 0 Å². The zero-order valence-corrected chi connectivity index (χ0v) is 13.5. The molecule has 1 aromatic rings. The fourth-order valence-electron chi connectivity index (χ4n) is 3.54. The van der Waals surface area contributed by atoms with Gasteiger partial charge in [-0.05, 0) is 49.8 Å². The summed E-state index contributed by atoms with van der Waals surface area (Å²) in [5, 5.41) is 3.02. The van der Waals surface area contributed by atoms with Gasteiger partial charge in [-0.2, -0.15) is 0 Å². The lowest BCUT2D eigenvalue weighted by Gasteiger charge is -2.32. The second-order valence-corrected chi connectivity index (χ2v) is 7.04. The van der Waals surface area contributed by atoms with Gasteiger partial charge in [-0.1, -0.05) is 25.8 Å². The summed E-state index contributed by atoms with van der Waals surface area (Å²) in [5.74, 6) is 0.785. The summed E-state index contributed by atoms with van der Waals surface area (Å²) in [6, 6.07) is 8.17. The van der Waals surface area contributed by atoms with Gasteiger partial charge in [-0.25, -0.2) is 0 Å². The fourth-order valence-corrected chi connectivity index (χ4v) is 3.54. The Morgan fingerprint density at radius 1 is 1.27 bits per heavy atom. The lowest BCUT2D eigenvalue weighted by Crippen LogP contribution is -2.48. The molecule has 0 atom stereocenters. The molecule has 0 spiro atoms. The van der Waals surface area contributed by atoms with Gasteiger partial charge < -0.3 is 16.0 Å². The van der Waals surface area contributed by atoms with Crippen LogP contribution < -0.4 is 16.0 Å². The van der Waals surface area contributed by atoms with E-state index in [9.17, 15) is 4.79 Å². The van der Waals surface area contributed by atoms with Crippen molar-refractivity contribution >= 4 is 17.3 Å². The quantitative estimate of drug-likeness (QED) is 0.901. The van der Waals surface area contributed by atoms with Gasteiger partial charge in [0.15, 0.2) is 0 Å². The van der Waals surface area contributed by atoms with Gasteiger partial charge in [0, 0.05) is 24.5 Å². The highest BCUT2D eigenvalue weighted by Gasteiger charge is 2.37. The van der Waals surface area contributed by atoms with E-state index in [4.69, 9.17) is 5.73 Å². The highest BCUT2D eigenvalue weighted by Crippen LogP contribution is 2.29. The monoisotopic (exact) mass is 301 g/mol. The molecule has 1 saturated heterocycles. The molecule has 1 amide bonds. The number of hydrogen-bond acceptors (Lipinski definition) is 3. The zero-order chi connectivity index (χ0) is 15.6. The van der Waals surface area contributed by atoms with E-state index in [2.05, 4.69) is 29.3 Å². The average Bonchev–Trinajstić information content (AvgIpc) is 2.96. The summed E-state index contributed by atoms with van der Waals surface area (Å²) in [6.45, 7) is 4.51. The Balaban J connectivity index is 1.67. The molecular formula is C18H27N3O. The number of benzene rings is 1. The molecule has 4 heteroatoms. The van der Waals surface area contributed by atoms with Crippen molar-refractivity contribution in [2.75, 3.05) is 23.3 Å². The summed E-state index contributed by atoms with van der Waals surface area (Å²) >= 11 is 0. The number of amides is 1. The van der Waals surface area contributed by atoms with Crippen LogP contribution in [-0.4, -0.2) is 24.5 Å². The molecule has 1 saturated carbocycles. The maximum atomic E-state index is 12.4. The Labute approximate surface area is 133 Å². The second-order valence-electron chi connectivity index (χ2n) is 7.04. The van der Waals surface area contributed by atoms with E-state index < -0.39 is 5.54 Å². The van der Waals surface area contributed by atoms with Gasteiger partial charge in [0.1, 0.15) is 0 Å². The average molecular weight is 301 g/mol. The maximum absolute atomic E-state index is 12.4. The van der Waals surface area contributed by atoms with E-state index in [0.717, 1.165) is 50.4 Å². The first-order chi connectivity index (χ1) is 10.6. The SMILES string of the molecule is CC1CCN(c2cccc(NC(=O)C3(N)CCCC3)c2)CC1. The minimum absolute atomic E-state index is 0.0329. The summed E-state index contributed by atoms with van der Waals surface area (Å²) in [7, 11) is 0. The largest absolute Gasteiger partial charge is 0.371 e. The Bertz CT molecular complexity index is 529. The Hall–Kier alpha value is -1.55. The van der Waals surface area contributed by atoms with Crippen LogP contribution in [0.4, 0.5) is 11.4 Å². The molecule has 22 heavy (non-hydrogen) atoms. The van der Waals surface area contributed by atoms with Crippen molar-refractivity contribution in [2.45, 2.75) is 51.0 Å². The standard InChI is InChI=1S/C18H27N3O/c1-14-7-11-21(12-8-14)16-6-4-5-15(13-16)20-17(22)18(19)9-2-3-10-18/h4-6,13-14H,2-3,7-12,19H2,1H3,(H,20,22). The van der Waals surface area contributed by atoms with Gasteiger partial charge in [0.25, 0.3) is 0 Å². The molecule has 1 aliphatic heterocycles. The Morgan fingerprint density at radius 3 is 2.64 bits per heavy atom. The van der Waals surface area contributed by atoms with Crippen LogP contribution in [0.3, 0.4) is 0 Å². The van der Waals surface area contributed by atoms with Crippen LogP contribution in [0, 0.1) is 5.92 Å². The third-order valence-electron chi connectivity index (χ3n) is 5.20. The molecule has 4 nitrogen and oxygen atoms in total. The van der Waals surface area contributed by atoms with Crippen LogP contribution in [-0.2, 0) is 4.79 Å². The summed E-state index contributed by atoms with van der Waals surface area (Å²) in [5.41, 5.74) is 7.61. The number of hydrogen-bond donors (Lipinski definition) is 2. The first kappa shape index (κ1) is 15.3. The second kappa shape index (κ2) is 6.29. The van der Waals surface area contributed by atoms with Gasteiger partial charge in [-0.15, -0.1) is 0 Å². The van der Waals surface area contributed by atoms with Crippen LogP contribution >= 0.6 is 0 Å². The van der Waals surface area contributed by atoms with E-state index in [1.54, 1.807) is 0 Å². The molecule has 2 aliphatic rings. The van der Waals surface area contributed by atoms with Crippen molar-refractivity contribution in [2.24, 2.45) is 11.7 Å². The molecule has 0 radical (unpaired) electrons. The predicted octanol–water partition coefficient (Wildman–Crippen LogP) is 3.13. The highest BCUT2D eigenvalue weighted by molar-refractivity contribution is 5.98. The van der Waals surface area contributed by atoms with E-state index in [-0.39, 0.29) is 5.91 Å². The van der Waals surface area contributed by atoms with Gasteiger partial charge in [0.05, 0.1) is 5.54 Å². The molecule has 2 fully saturated rings. The van der Waals surface area contributed by atoms with Crippen LogP contribution in [0.25, 0.3) is 0 Å². The van der Waals surface area contributed by atoms with Crippen LogP contribution in [0.2, 0.25) is 0 Å². The first-order valence-electron chi connectivity index (χ1n) is 8.52. The number of carbonyl (C=O) groups is 1. The Kier molecular flexibility index (Phi) is 4.39. The Morgan fingerprint density at radius 2 is 1.95 bits per heavy atom. The highest BCUT2D eigenvalue weighted by atomic mass is 16.2. The van der Waals surface area contributed by atoms with Gasteiger partial charge >= 0.3 is 0 Å². The number of piperidine rings is 1. The van der Waals surface area contributed by atoms with E-state index in [1.165, 1.54) is 18.5 Å². The predicted molar refractivity (Wildman–Crippen MR) is 91.1 cm³/mol. The maximum Gasteiger partial charge on any atom is 0.244 e. The number of rotatable bonds is 3.